The number of halogens is 6. The lowest BCUT2D eigenvalue weighted by Crippen LogP contribution is -2.42. The second-order valence-corrected chi connectivity index (χ2v) is 9.43. The molecule has 2 unspecified atom stereocenters. The Morgan fingerprint density at radius 3 is 2.18 bits per heavy atom. The summed E-state index contributed by atoms with van der Waals surface area (Å²) in [5.41, 5.74) is -0.162. The van der Waals surface area contributed by atoms with Gasteiger partial charge >= 0.3 is 12.4 Å². The van der Waals surface area contributed by atoms with E-state index in [2.05, 4.69) is 14.9 Å². The van der Waals surface area contributed by atoms with Gasteiger partial charge in [0, 0.05) is 0 Å². The van der Waals surface area contributed by atoms with Gasteiger partial charge in [0.05, 0.1) is 47.5 Å². The highest BCUT2D eigenvalue weighted by molar-refractivity contribution is 5.74. The molecule has 200 valence electrons. The molecule has 4 nitrogen and oxygen atoms in total. The minimum atomic E-state index is -4.91. The fourth-order valence-electron chi connectivity index (χ4n) is 5.03. The molecule has 0 saturated carbocycles. The van der Waals surface area contributed by atoms with E-state index in [4.69, 9.17) is 4.74 Å². The lowest BCUT2D eigenvalue weighted by Gasteiger charge is -2.41. The Labute approximate surface area is 215 Å². The first-order valence-corrected chi connectivity index (χ1v) is 12.2. The Kier molecular flexibility index (Phi) is 7.19. The minimum absolute atomic E-state index is 0.131. The van der Waals surface area contributed by atoms with E-state index in [-0.39, 0.29) is 24.3 Å². The van der Waals surface area contributed by atoms with Gasteiger partial charge in [-0.2, -0.15) is 26.3 Å². The third-order valence-electron chi connectivity index (χ3n) is 6.72. The highest BCUT2D eigenvalue weighted by Gasteiger charge is 2.38. The van der Waals surface area contributed by atoms with Crippen LogP contribution in [-0.4, -0.2) is 27.5 Å². The third kappa shape index (κ3) is 5.86. The van der Waals surface area contributed by atoms with Gasteiger partial charge in [-0.05, 0) is 60.8 Å². The summed E-state index contributed by atoms with van der Waals surface area (Å²) in [6, 6.07) is 18.6. The van der Waals surface area contributed by atoms with Crippen molar-refractivity contribution in [1.29, 1.82) is 0 Å². The fourth-order valence-corrected chi connectivity index (χ4v) is 5.03. The Morgan fingerprint density at radius 2 is 1.53 bits per heavy atom. The number of aromatic nitrogens is 2. The maximum atomic E-state index is 13.3. The molecule has 2 heterocycles. The van der Waals surface area contributed by atoms with Crippen molar-refractivity contribution < 1.29 is 31.1 Å². The maximum absolute atomic E-state index is 13.3. The maximum Gasteiger partial charge on any atom is 0.416 e. The number of hydrogen-bond donors (Lipinski definition) is 1. The predicted molar refractivity (Wildman–Crippen MR) is 130 cm³/mol. The summed E-state index contributed by atoms with van der Waals surface area (Å²) in [7, 11) is 0. The number of ether oxygens (including phenoxy) is 1. The molecule has 0 aliphatic carbocycles. The second kappa shape index (κ2) is 10.4. The summed E-state index contributed by atoms with van der Waals surface area (Å²) >= 11 is 0. The van der Waals surface area contributed by atoms with Crippen LogP contribution in [0.5, 0.6) is 0 Å². The van der Waals surface area contributed by atoms with Crippen molar-refractivity contribution in [2.75, 3.05) is 6.54 Å². The zero-order chi connectivity index (χ0) is 26.9. The first-order valence-electron chi connectivity index (χ1n) is 12.2. The van der Waals surface area contributed by atoms with E-state index in [1.165, 1.54) is 0 Å². The van der Waals surface area contributed by atoms with E-state index in [9.17, 15) is 26.3 Å². The highest BCUT2D eigenvalue weighted by Crippen LogP contribution is 2.38. The van der Waals surface area contributed by atoms with E-state index in [0.717, 1.165) is 47.5 Å². The lowest BCUT2D eigenvalue weighted by atomic mass is 9.92. The van der Waals surface area contributed by atoms with Gasteiger partial charge in [-0.25, -0.2) is 4.98 Å². The van der Waals surface area contributed by atoms with Crippen LogP contribution < -0.4 is 0 Å². The zero-order valence-electron chi connectivity index (χ0n) is 20.2. The van der Waals surface area contributed by atoms with Crippen molar-refractivity contribution in [2.45, 2.75) is 50.5 Å². The Morgan fingerprint density at radius 1 is 0.868 bits per heavy atom. The van der Waals surface area contributed by atoms with Crippen LogP contribution in [0.4, 0.5) is 26.3 Å². The molecule has 2 atom stereocenters. The number of imidazole rings is 1. The number of rotatable bonds is 6. The van der Waals surface area contributed by atoms with Crippen molar-refractivity contribution in [3.63, 3.8) is 0 Å². The Bertz CT molecular complexity index is 1320. The molecule has 3 aromatic carbocycles. The molecule has 0 amide bonds. The summed E-state index contributed by atoms with van der Waals surface area (Å²) < 4.78 is 86.0. The molecular weight excluding hydrogens is 508 g/mol. The lowest BCUT2D eigenvalue weighted by molar-refractivity contribution is -0.143. The molecule has 5 rings (SSSR count). The van der Waals surface area contributed by atoms with E-state index < -0.39 is 29.6 Å². The van der Waals surface area contributed by atoms with Crippen LogP contribution in [0.25, 0.3) is 11.0 Å². The van der Waals surface area contributed by atoms with Gasteiger partial charge in [0.25, 0.3) is 0 Å². The van der Waals surface area contributed by atoms with Gasteiger partial charge in [-0.3, -0.25) is 4.90 Å². The fraction of sp³-hybridized carbons (Fsp3) is 0.321. The standard InChI is InChI=1S/C28H25F6N3O/c29-27(30,31)20-13-18(14-21(15-20)28(32,33)34)17-38-24-11-6-12-37(26(24)19-7-2-1-3-8-19)16-25-35-22-9-4-5-10-23(22)36-25/h1-5,7-10,13-15,24,26H,6,11-12,16-17H2,(H,35,36). The SMILES string of the molecule is FC(F)(F)c1cc(COC2CCCN(Cc3nc4ccccc4[nH]3)C2c2ccccc2)cc(C(F)(F)F)c1. The number of benzene rings is 3. The average Bonchev–Trinajstić information content (AvgIpc) is 3.29. The zero-order valence-corrected chi connectivity index (χ0v) is 20.2. The first kappa shape index (κ1) is 26.2. The summed E-state index contributed by atoms with van der Waals surface area (Å²) in [6.45, 7) is 0.841. The van der Waals surface area contributed by atoms with E-state index >= 15 is 0 Å². The topological polar surface area (TPSA) is 41.1 Å². The minimum Gasteiger partial charge on any atom is -0.372 e. The largest absolute Gasteiger partial charge is 0.416 e. The van der Waals surface area contributed by atoms with Crippen LogP contribution in [0.15, 0.2) is 72.8 Å². The second-order valence-electron chi connectivity index (χ2n) is 9.43. The molecule has 1 aliphatic rings. The molecule has 38 heavy (non-hydrogen) atoms. The smallest absolute Gasteiger partial charge is 0.372 e. The van der Waals surface area contributed by atoms with Gasteiger partial charge in [0.15, 0.2) is 0 Å². The monoisotopic (exact) mass is 533 g/mol. The van der Waals surface area contributed by atoms with Gasteiger partial charge in [0.1, 0.15) is 5.82 Å². The van der Waals surface area contributed by atoms with Gasteiger partial charge in [0.2, 0.25) is 0 Å². The van der Waals surface area contributed by atoms with Crippen molar-refractivity contribution in [2.24, 2.45) is 0 Å². The molecule has 0 radical (unpaired) electrons. The molecule has 1 aliphatic heterocycles. The number of aromatic amines is 1. The van der Waals surface area contributed by atoms with Crippen molar-refractivity contribution in [3.05, 3.63) is 101 Å². The molecule has 1 aromatic heterocycles. The first-order chi connectivity index (χ1) is 18.1. The van der Waals surface area contributed by atoms with E-state index in [1.54, 1.807) is 0 Å². The van der Waals surface area contributed by atoms with Crippen molar-refractivity contribution >= 4 is 11.0 Å². The number of fused-ring (bicyclic) bond motifs is 1. The molecule has 1 N–H and O–H groups in total. The average molecular weight is 534 g/mol. The highest BCUT2D eigenvalue weighted by atomic mass is 19.4. The number of hydrogen-bond acceptors (Lipinski definition) is 3. The summed E-state index contributed by atoms with van der Waals surface area (Å²) in [5, 5.41) is 0. The molecule has 1 saturated heterocycles. The quantitative estimate of drug-likeness (QED) is 0.261. The molecule has 1 fully saturated rings. The van der Waals surface area contributed by atoms with Gasteiger partial charge in [-0.1, -0.05) is 42.5 Å². The van der Waals surface area contributed by atoms with Gasteiger partial charge in [-0.15, -0.1) is 0 Å². The summed E-state index contributed by atoms with van der Waals surface area (Å²) in [5.74, 6) is 0.764. The molecular formula is C28H25F6N3O. The van der Waals surface area contributed by atoms with Crippen LogP contribution in [0.2, 0.25) is 0 Å². The van der Waals surface area contributed by atoms with Crippen LogP contribution in [0.1, 0.15) is 47.0 Å². The van der Waals surface area contributed by atoms with Gasteiger partial charge < -0.3 is 9.72 Å². The molecule has 4 aromatic rings. The number of nitrogens with one attached hydrogen (secondary N) is 1. The number of para-hydroxylation sites is 2. The molecule has 0 spiro atoms. The number of likely N-dealkylation sites (tertiary alicyclic amines) is 1. The van der Waals surface area contributed by atoms with E-state index in [1.807, 2.05) is 54.6 Å². The van der Waals surface area contributed by atoms with Crippen LogP contribution in [-0.2, 0) is 30.2 Å². The number of alkyl halides is 6. The molecule has 0 bridgehead atoms. The van der Waals surface area contributed by atoms with Crippen LogP contribution in [0, 0.1) is 0 Å². The summed E-state index contributed by atoms with van der Waals surface area (Å²) in [4.78, 5) is 10.2. The number of nitrogens with zero attached hydrogens (tertiary/aromatic N) is 2. The number of H-pyrrole nitrogens is 1. The number of piperidine rings is 1. The molecule has 10 heteroatoms. The third-order valence-corrected chi connectivity index (χ3v) is 6.72. The summed E-state index contributed by atoms with van der Waals surface area (Å²) in [6.07, 6.45) is -8.89. The Hall–Kier alpha value is -3.37. The van der Waals surface area contributed by atoms with E-state index in [0.29, 0.717) is 13.0 Å². The normalized spacial score (nSPS) is 19.2. The van der Waals surface area contributed by atoms with Crippen molar-refractivity contribution in [3.8, 4) is 0 Å². The Balaban J connectivity index is 1.41. The van der Waals surface area contributed by atoms with Crippen LogP contribution in [0.3, 0.4) is 0 Å². The van der Waals surface area contributed by atoms with Crippen LogP contribution >= 0.6 is 0 Å². The predicted octanol–water partition coefficient (Wildman–Crippen LogP) is 7.52. The van der Waals surface area contributed by atoms with Crippen molar-refractivity contribution in [1.82, 2.24) is 14.9 Å².